The number of ether oxygens (including phenoxy) is 2. The van der Waals surface area contributed by atoms with Crippen molar-refractivity contribution in [3.05, 3.63) is 29.8 Å². The van der Waals surface area contributed by atoms with Gasteiger partial charge in [-0.3, -0.25) is 9.59 Å². The number of methoxy groups -OCH3 is 1. The Labute approximate surface area is 129 Å². The van der Waals surface area contributed by atoms with Gasteiger partial charge in [-0.1, -0.05) is 0 Å². The molecule has 0 bridgehead atoms. The van der Waals surface area contributed by atoms with Crippen LogP contribution in [0.25, 0.3) is 0 Å². The van der Waals surface area contributed by atoms with Crippen molar-refractivity contribution in [3.8, 4) is 5.75 Å². The van der Waals surface area contributed by atoms with Crippen LogP contribution in [0.1, 0.15) is 24.2 Å². The lowest BCUT2D eigenvalue weighted by atomic mass is 10.2. The maximum atomic E-state index is 11.7. The summed E-state index contributed by atoms with van der Waals surface area (Å²) in [4.78, 5) is 34.4. The standard InChI is InChI=1S/C15H20N2O5/c1-4-16-14(19)10(2)17-13(18)9-22-12-7-5-11(6-8-12)15(20)21-3/h5-8,10H,4,9H2,1-3H3,(H,16,19)(H,17,18)/t10-/m1/s1. The van der Waals surface area contributed by atoms with E-state index in [2.05, 4.69) is 15.4 Å². The molecule has 0 aliphatic carbocycles. The van der Waals surface area contributed by atoms with Crippen LogP contribution in [-0.2, 0) is 14.3 Å². The average Bonchev–Trinajstić information content (AvgIpc) is 2.52. The number of carbonyl (C=O) groups excluding carboxylic acids is 3. The molecule has 1 atom stereocenters. The molecule has 1 rings (SSSR count). The van der Waals surface area contributed by atoms with Crippen molar-refractivity contribution in [2.45, 2.75) is 19.9 Å². The normalized spacial score (nSPS) is 11.2. The molecule has 22 heavy (non-hydrogen) atoms. The third-order valence-electron chi connectivity index (χ3n) is 2.77. The molecule has 0 radical (unpaired) electrons. The second-order valence-corrected chi connectivity index (χ2v) is 4.49. The minimum absolute atomic E-state index is 0.221. The number of nitrogens with one attached hydrogen (secondary N) is 2. The zero-order chi connectivity index (χ0) is 16.5. The monoisotopic (exact) mass is 308 g/mol. The summed E-state index contributed by atoms with van der Waals surface area (Å²) in [6.07, 6.45) is 0. The Morgan fingerprint density at radius 3 is 2.36 bits per heavy atom. The zero-order valence-corrected chi connectivity index (χ0v) is 12.8. The van der Waals surface area contributed by atoms with Crippen molar-refractivity contribution in [2.75, 3.05) is 20.3 Å². The second-order valence-electron chi connectivity index (χ2n) is 4.49. The fourth-order valence-electron chi connectivity index (χ4n) is 1.63. The molecule has 0 saturated carbocycles. The first-order valence-electron chi connectivity index (χ1n) is 6.86. The number of amides is 2. The summed E-state index contributed by atoms with van der Waals surface area (Å²) in [7, 11) is 1.30. The lowest BCUT2D eigenvalue weighted by molar-refractivity contribution is -0.129. The molecule has 0 aliphatic heterocycles. The van der Waals surface area contributed by atoms with Crippen LogP contribution in [0.15, 0.2) is 24.3 Å². The van der Waals surface area contributed by atoms with Gasteiger partial charge in [0, 0.05) is 6.54 Å². The number of benzene rings is 1. The van der Waals surface area contributed by atoms with Gasteiger partial charge in [-0.25, -0.2) is 4.79 Å². The van der Waals surface area contributed by atoms with E-state index in [-0.39, 0.29) is 12.5 Å². The summed E-state index contributed by atoms with van der Waals surface area (Å²) in [5, 5.41) is 5.13. The molecule has 0 heterocycles. The van der Waals surface area contributed by atoms with E-state index in [0.717, 1.165) is 0 Å². The molecule has 2 amide bonds. The van der Waals surface area contributed by atoms with Crippen molar-refractivity contribution in [1.82, 2.24) is 10.6 Å². The molecule has 0 aliphatic rings. The van der Waals surface area contributed by atoms with Gasteiger partial charge in [0.2, 0.25) is 5.91 Å². The Morgan fingerprint density at radius 1 is 1.18 bits per heavy atom. The maximum absolute atomic E-state index is 11.7. The highest BCUT2D eigenvalue weighted by molar-refractivity contribution is 5.89. The molecule has 0 saturated heterocycles. The number of esters is 1. The first-order chi connectivity index (χ1) is 10.5. The summed E-state index contributed by atoms with van der Waals surface area (Å²) in [6.45, 7) is 3.67. The van der Waals surface area contributed by atoms with E-state index < -0.39 is 17.9 Å². The van der Waals surface area contributed by atoms with E-state index >= 15 is 0 Å². The van der Waals surface area contributed by atoms with Gasteiger partial charge >= 0.3 is 5.97 Å². The predicted molar refractivity (Wildman–Crippen MR) is 79.6 cm³/mol. The summed E-state index contributed by atoms with van der Waals surface area (Å²) < 4.78 is 9.86. The van der Waals surface area contributed by atoms with E-state index in [0.29, 0.717) is 17.9 Å². The highest BCUT2D eigenvalue weighted by atomic mass is 16.5. The molecule has 0 spiro atoms. The highest BCUT2D eigenvalue weighted by Gasteiger charge is 2.14. The second kappa shape index (κ2) is 8.66. The highest BCUT2D eigenvalue weighted by Crippen LogP contribution is 2.12. The first-order valence-corrected chi connectivity index (χ1v) is 6.86. The molecular formula is C15H20N2O5. The van der Waals surface area contributed by atoms with Crippen LogP contribution in [0, 0.1) is 0 Å². The van der Waals surface area contributed by atoms with Gasteiger partial charge in [-0.15, -0.1) is 0 Å². The van der Waals surface area contributed by atoms with Gasteiger partial charge in [-0.2, -0.15) is 0 Å². The first kappa shape index (κ1) is 17.5. The Balaban J connectivity index is 2.44. The van der Waals surface area contributed by atoms with Crippen molar-refractivity contribution in [2.24, 2.45) is 0 Å². The molecule has 0 unspecified atom stereocenters. The Morgan fingerprint density at radius 2 is 1.82 bits per heavy atom. The summed E-state index contributed by atoms with van der Waals surface area (Å²) in [5.41, 5.74) is 0.393. The van der Waals surface area contributed by atoms with E-state index in [9.17, 15) is 14.4 Å². The van der Waals surface area contributed by atoms with E-state index in [1.54, 1.807) is 26.0 Å². The molecule has 120 valence electrons. The van der Waals surface area contributed by atoms with Gasteiger partial charge in [0.15, 0.2) is 6.61 Å². The fraction of sp³-hybridized carbons (Fsp3) is 0.400. The Bertz CT molecular complexity index is 527. The molecule has 2 N–H and O–H groups in total. The molecule has 7 nitrogen and oxygen atoms in total. The smallest absolute Gasteiger partial charge is 0.337 e. The van der Waals surface area contributed by atoms with Gasteiger partial charge in [0.05, 0.1) is 12.7 Å². The van der Waals surface area contributed by atoms with E-state index in [1.807, 2.05) is 0 Å². The predicted octanol–water partition coefficient (Wildman–Crippen LogP) is 0.493. The number of hydrogen-bond acceptors (Lipinski definition) is 5. The molecule has 7 heteroatoms. The molecular weight excluding hydrogens is 288 g/mol. The summed E-state index contributed by atoms with van der Waals surface area (Å²) >= 11 is 0. The SMILES string of the molecule is CCNC(=O)[C@@H](C)NC(=O)COc1ccc(C(=O)OC)cc1. The summed E-state index contributed by atoms with van der Waals surface area (Å²) in [6, 6.07) is 5.57. The van der Waals surface area contributed by atoms with Crippen LogP contribution in [0.4, 0.5) is 0 Å². The van der Waals surface area contributed by atoms with Crippen molar-refractivity contribution in [3.63, 3.8) is 0 Å². The van der Waals surface area contributed by atoms with E-state index in [1.165, 1.54) is 19.2 Å². The maximum Gasteiger partial charge on any atom is 0.337 e. The van der Waals surface area contributed by atoms with Gasteiger partial charge in [-0.05, 0) is 38.1 Å². The largest absolute Gasteiger partial charge is 0.484 e. The van der Waals surface area contributed by atoms with Crippen LogP contribution in [-0.4, -0.2) is 44.1 Å². The number of rotatable bonds is 7. The van der Waals surface area contributed by atoms with Crippen LogP contribution < -0.4 is 15.4 Å². The topological polar surface area (TPSA) is 93.7 Å². The molecule has 1 aromatic carbocycles. The quantitative estimate of drug-likeness (QED) is 0.715. The van der Waals surface area contributed by atoms with Gasteiger partial charge in [0.25, 0.3) is 5.91 Å². The summed E-state index contributed by atoms with van der Waals surface area (Å²) in [5.74, 6) is -0.664. The molecule has 0 fully saturated rings. The Hall–Kier alpha value is -2.57. The van der Waals surface area contributed by atoms with Crippen LogP contribution in [0.5, 0.6) is 5.75 Å². The van der Waals surface area contributed by atoms with Crippen molar-refractivity contribution >= 4 is 17.8 Å². The third kappa shape index (κ3) is 5.43. The fourth-order valence-corrected chi connectivity index (χ4v) is 1.63. The van der Waals surface area contributed by atoms with Crippen LogP contribution in [0.2, 0.25) is 0 Å². The minimum atomic E-state index is -0.627. The van der Waals surface area contributed by atoms with Crippen LogP contribution >= 0.6 is 0 Å². The minimum Gasteiger partial charge on any atom is -0.484 e. The van der Waals surface area contributed by atoms with Crippen molar-refractivity contribution < 1.29 is 23.9 Å². The van der Waals surface area contributed by atoms with Gasteiger partial charge < -0.3 is 20.1 Å². The average molecular weight is 308 g/mol. The lowest BCUT2D eigenvalue weighted by Gasteiger charge is -2.13. The van der Waals surface area contributed by atoms with Gasteiger partial charge in [0.1, 0.15) is 11.8 Å². The number of likely N-dealkylation sites (N-methyl/N-ethyl adjacent to an activating group) is 1. The van der Waals surface area contributed by atoms with Crippen molar-refractivity contribution in [1.29, 1.82) is 0 Å². The number of carbonyl (C=O) groups is 3. The lowest BCUT2D eigenvalue weighted by Crippen LogP contribution is -2.46. The molecule has 0 aromatic heterocycles. The molecule has 1 aromatic rings. The number of hydrogen-bond donors (Lipinski definition) is 2. The van der Waals surface area contributed by atoms with E-state index in [4.69, 9.17) is 4.74 Å². The van der Waals surface area contributed by atoms with Crippen LogP contribution in [0.3, 0.4) is 0 Å². The Kier molecular flexibility index (Phi) is 6.88. The third-order valence-corrected chi connectivity index (χ3v) is 2.77. The zero-order valence-electron chi connectivity index (χ0n) is 12.8.